The van der Waals surface area contributed by atoms with Crippen LogP contribution in [0.25, 0.3) is 0 Å². The van der Waals surface area contributed by atoms with Crippen LogP contribution in [0.5, 0.6) is 0 Å². The molecule has 1 rings (SSSR count). The van der Waals surface area contributed by atoms with E-state index in [0.717, 1.165) is 11.3 Å². The molecule has 0 saturated carbocycles. The van der Waals surface area contributed by atoms with Gasteiger partial charge in [-0.25, -0.2) is 0 Å². The van der Waals surface area contributed by atoms with Crippen molar-refractivity contribution in [2.45, 2.75) is 13.8 Å². The maximum atomic E-state index is 5.87. The third kappa shape index (κ3) is 1.81. The smallest absolute Gasteiger partial charge is 0.0848 e. The summed E-state index contributed by atoms with van der Waals surface area (Å²) in [6, 6.07) is 5.71. The molecule has 0 bridgehead atoms. The predicted octanol–water partition coefficient (Wildman–Crippen LogP) is 3.25. The second-order valence-corrected chi connectivity index (χ2v) is 2.65. The number of aliphatic imine (C=N–C) groups is 1. The molecule has 0 fully saturated rings. The number of rotatable bonds is 1. The number of aryl methyl sites for hydroxylation is 1. The zero-order valence-electron chi connectivity index (χ0n) is 6.56. The summed E-state index contributed by atoms with van der Waals surface area (Å²) in [6.45, 7) is 3.73. The van der Waals surface area contributed by atoms with Gasteiger partial charge in [0.25, 0.3) is 0 Å². The maximum Gasteiger partial charge on any atom is 0.0848 e. The van der Waals surface area contributed by atoms with Gasteiger partial charge in [-0.15, -0.1) is 0 Å². The average molecular weight is 167 g/mol. The lowest BCUT2D eigenvalue weighted by molar-refractivity contribution is 1.40. The molecule has 1 aromatic rings. The fourth-order valence-corrected chi connectivity index (χ4v) is 1.14. The Balaban J connectivity index is 3.20. The summed E-state index contributed by atoms with van der Waals surface area (Å²) in [5.41, 5.74) is 1.89. The summed E-state index contributed by atoms with van der Waals surface area (Å²) in [5, 5.41) is 0.680. The van der Waals surface area contributed by atoms with E-state index in [4.69, 9.17) is 11.6 Å². The largest absolute Gasteiger partial charge is 0.250 e. The quantitative estimate of drug-likeness (QED) is 0.568. The van der Waals surface area contributed by atoms with Gasteiger partial charge in [0.1, 0.15) is 0 Å². The summed E-state index contributed by atoms with van der Waals surface area (Å²) < 4.78 is 0. The van der Waals surface area contributed by atoms with Crippen LogP contribution < -0.4 is 0 Å². The van der Waals surface area contributed by atoms with E-state index in [-0.39, 0.29) is 0 Å². The summed E-state index contributed by atoms with van der Waals surface area (Å²) in [6.07, 6.45) is 2.71. The van der Waals surface area contributed by atoms with Gasteiger partial charge in [-0.1, -0.05) is 23.7 Å². The van der Waals surface area contributed by atoms with E-state index < -0.39 is 0 Å². The molecule has 0 spiro atoms. The number of halogens is 1. The molecule has 0 heterocycles. The number of benzene rings is 1. The van der Waals surface area contributed by atoms with Gasteiger partial charge < -0.3 is 0 Å². The Morgan fingerprint density at radius 3 is 2.73 bits per heavy atom. The monoisotopic (exact) mass is 166 g/mol. The first kappa shape index (κ1) is 8.28. The van der Waals surface area contributed by atoms with Gasteiger partial charge in [0.2, 0.25) is 0 Å². The summed E-state index contributed by atoms with van der Waals surface area (Å²) >= 11 is 5.87. The molecule has 0 amide bonds. The highest BCUT2D eigenvalue weighted by Crippen LogP contribution is 2.27. The molecule has 1 aromatic carbocycles. The number of nitrogens with zero attached hydrogens (tertiary/aromatic N) is 1. The highest BCUT2D eigenvalue weighted by atomic mass is 35.5. The third-order valence-electron chi connectivity index (χ3n) is 1.41. The van der Waals surface area contributed by atoms with Crippen molar-refractivity contribution >= 4 is 23.5 Å². The third-order valence-corrected chi connectivity index (χ3v) is 1.72. The van der Waals surface area contributed by atoms with Crippen LogP contribution in [0.4, 0.5) is 5.69 Å². The zero-order chi connectivity index (χ0) is 8.27. The minimum absolute atomic E-state index is 0.680. The molecule has 57 valence electrons. The van der Waals surface area contributed by atoms with Crippen molar-refractivity contribution in [1.29, 1.82) is 0 Å². The molecule has 11 heavy (non-hydrogen) atoms. The molecule has 2 heteroatoms. The van der Waals surface area contributed by atoms with Crippen LogP contribution in [0.15, 0.2) is 23.2 Å². The molecule has 0 saturated heterocycles. The van der Waals surface area contributed by atoms with Crippen molar-refractivity contribution in [3.63, 3.8) is 0 Å². The van der Waals surface area contributed by atoms with Crippen LogP contribution in [-0.2, 0) is 0 Å². The lowest BCUT2D eigenvalue weighted by atomic mass is 10.2. The minimum atomic E-state index is 0.680. The molecular formula is C9H9ClN. The molecular weight excluding hydrogens is 158 g/mol. The molecule has 0 unspecified atom stereocenters. The van der Waals surface area contributed by atoms with Gasteiger partial charge in [-0.05, 0) is 25.5 Å². The first-order chi connectivity index (χ1) is 5.25. The Labute approximate surface area is 71.7 Å². The highest BCUT2D eigenvalue weighted by Gasteiger charge is 1.98. The standard InChI is InChI=1S/C9H9ClN/c1-3-11-9-7(2)5-4-6-8(9)10/h4-6H,1-2H3. The normalized spacial score (nSPS) is 10.8. The van der Waals surface area contributed by atoms with Crippen molar-refractivity contribution in [2.75, 3.05) is 0 Å². The summed E-state index contributed by atoms with van der Waals surface area (Å²) in [4.78, 5) is 4.02. The van der Waals surface area contributed by atoms with Crippen LogP contribution in [0.1, 0.15) is 12.5 Å². The van der Waals surface area contributed by atoms with Gasteiger partial charge in [-0.2, -0.15) is 0 Å². The van der Waals surface area contributed by atoms with Gasteiger partial charge >= 0.3 is 0 Å². The van der Waals surface area contributed by atoms with Gasteiger partial charge in [0.05, 0.1) is 16.9 Å². The Kier molecular flexibility index (Phi) is 2.66. The molecule has 0 aliphatic carbocycles. The first-order valence-corrected chi connectivity index (χ1v) is 3.76. The van der Waals surface area contributed by atoms with Crippen LogP contribution in [-0.4, -0.2) is 6.21 Å². The lowest BCUT2D eigenvalue weighted by Gasteiger charge is -1.99. The minimum Gasteiger partial charge on any atom is -0.250 e. The van der Waals surface area contributed by atoms with E-state index in [2.05, 4.69) is 11.2 Å². The van der Waals surface area contributed by atoms with Crippen molar-refractivity contribution in [3.05, 3.63) is 28.8 Å². The summed E-state index contributed by atoms with van der Waals surface area (Å²) in [5.74, 6) is 0. The Morgan fingerprint density at radius 2 is 2.18 bits per heavy atom. The van der Waals surface area contributed by atoms with Crippen molar-refractivity contribution in [1.82, 2.24) is 0 Å². The fraction of sp³-hybridized carbons (Fsp3) is 0.222. The topological polar surface area (TPSA) is 12.4 Å². The SMILES string of the molecule is C[C]=Nc1c(C)cccc1Cl. The van der Waals surface area contributed by atoms with E-state index in [1.165, 1.54) is 0 Å². The van der Waals surface area contributed by atoms with Crippen LogP contribution in [0, 0.1) is 6.92 Å². The molecule has 0 aromatic heterocycles. The lowest BCUT2D eigenvalue weighted by Crippen LogP contribution is -1.75. The maximum absolute atomic E-state index is 5.87. The highest BCUT2D eigenvalue weighted by molar-refractivity contribution is 6.33. The second kappa shape index (κ2) is 3.54. The van der Waals surface area contributed by atoms with Crippen LogP contribution >= 0.6 is 11.6 Å². The molecule has 1 nitrogen and oxygen atoms in total. The Hall–Kier alpha value is -0.820. The van der Waals surface area contributed by atoms with E-state index in [1.54, 1.807) is 6.92 Å². The first-order valence-electron chi connectivity index (χ1n) is 3.38. The zero-order valence-corrected chi connectivity index (χ0v) is 7.31. The van der Waals surface area contributed by atoms with Crippen molar-refractivity contribution in [2.24, 2.45) is 4.99 Å². The number of hydrogen-bond donors (Lipinski definition) is 0. The van der Waals surface area contributed by atoms with E-state index in [9.17, 15) is 0 Å². The van der Waals surface area contributed by atoms with Crippen LogP contribution in [0.2, 0.25) is 5.02 Å². The van der Waals surface area contributed by atoms with Gasteiger partial charge in [0.15, 0.2) is 0 Å². The molecule has 1 radical (unpaired) electrons. The molecule has 0 atom stereocenters. The fourth-order valence-electron chi connectivity index (χ4n) is 0.877. The van der Waals surface area contributed by atoms with Gasteiger partial charge in [0, 0.05) is 0 Å². The van der Waals surface area contributed by atoms with E-state index >= 15 is 0 Å². The predicted molar refractivity (Wildman–Crippen MR) is 49.0 cm³/mol. The summed E-state index contributed by atoms with van der Waals surface area (Å²) in [7, 11) is 0. The van der Waals surface area contributed by atoms with E-state index in [1.807, 2.05) is 25.1 Å². The second-order valence-electron chi connectivity index (χ2n) is 2.24. The Bertz CT molecular complexity index is 259. The van der Waals surface area contributed by atoms with Gasteiger partial charge in [-0.3, -0.25) is 4.99 Å². The van der Waals surface area contributed by atoms with E-state index in [0.29, 0.717) is 5.02 Å². The van der Waals surface area contributed by atoms with Crippen molar-refractivity contribution in [3.8, 4) is 0 Å². The molecule has 0 aliphatic rings. The Morgan fingerprint density at radius 1 is 1.45 bits per heavy atom. The van der Waals surface area contributed by atoms with Crippen molar-refractivity contribution < 1.29 is 0 Å². The number of hydrogen-bond acceptors (Lipinski definition) is 1. The average Bonchev–Trinajstić information content (AvgIpc) is 1.97. The molecule has 0 aliphatic heterocycles. The van der Waals surface area contributed by atoms with Crippen LogP contribution in [0.3, 0.4) is 0 Å². The molecule has 0 N–H and O–H groups in total. The number of para-hydroxylation sites is 1.